The van der Waals surface area contributed by atoms with Crippen molar-refractivity contribution < 1.29 is 13.0 Å². The molecule has 0 aliphatic heterocycles. The molecule has 6 heteroatoms. The minimum Gasteiger partial charge on any atom is -0.269 e. The summed E-state index contributed by atoms with van der Waals surface area (Å²) in [7, 11) is -4.31. The molecule has 0 fully saturated rings. The highest BCUT2D eigenvalue weighted by Gasteiger charge is 2.18. The molecule has 0 atom stereocenters. The SMILES string of the molecule is CCCCCCCCc1nc2ccccc2n1S(=O)(=O)O. The number of fused-ring (bicyclic) bond motifs is 1. The number of imidazole rings is 1. The van der Waals surface area contributed by atoms with Gasteiger partial charge in [-0.3, -0.25) is 4.55 Å². The van der Waals surface area contributed by atoms with Gasteiger partial charge < -0.3 is 0 Å². The summed E-state index contributed by atoms with van der Waals surface area (Å²) in [6, 6.07) is 6.95. The Morgan fingerprint density at radius 2 is 1.76 bits per heavy atom. The van der Waals surface area contributed by atoms with Gasteiger partial charge in [-0.1, -0.05) is 51.2 Å². The summed E-state index contributed by atoms with van der Waals surface area (Å²) in [5.74, 6) is 0.411. The third kappa shape index (κ3) is 4.04. The summed E-state index contributed by atoms with van der Waals surface area (Å²) >= 11 is 0. The van der Waals surface area contributed by atoms with Crippen molar-refractivity contribution in [3.63, 3.8) is 0 Å². The number of hydrogen-bond donors (Lipinski definition) is 1. The molecular formula is C15H22N2O3S. The predicted octanol–water partition coefficient (Wildman–Crippen LogP) is 3.59. The van der Waals surface area contributed by atoms with Crippen LogP contribution in [0.5, 0.6) is 0 Å². The number of unbranched alkanes of at least 4 members (excludes halogenated alkanes) is 5. The van der Waals surface area contributed by atoms with Crippen molar-refractivity contribution in [1.29, 1.82) is 0 Å². The molecule has 0 aliphatic carbocycles. The van der Waals surface area contributed by atoms with Gasteiger partial charge in [0.05, 0.1) is 11.0 Å². The Hall–Kier alpha value is -1.40. The third-order valence-electron chi connectivity index (χ3n) is 3.57. The topological polar surface area (TPSA) is 72.2 Å². The molecule has 1 aromatic heterocycles. The van der Waals surface area contributed by atoms with Crippen LogP contribution in [0, 0.1) is 0 Å². The fourth-order valence-electron chi connectivity index (χ4n) is 2.53. The quantitative estimate of drug-likeness (QED) is 0.597. The number of rotatable bonds is 8. The van der Waals surface area contributed by atoms with Gasteiger partial charge >= 0.3 is 10.3 Å². The van der Waals surface area contributed by atoms with E-state index in [2.05, 4.69) is 11.9 Å². The number of aryl methyl sites for hydroxylation is 1. The fourth-order valence-corrected chi connectivity index (χ4v) is 3.33. The summed E-state index contributed by atoms with van der Waals surface area (Å²) in [6.45, 7) is 2.18. The van der Waals surface area contributed by atoms with E-state index in [-0.39, 0.29) is 0 Å². The van der Waals surface area contributed by atoms with Gasteiger partial charge in [-0.05, 0) is 18.6 Å². The van der Waals surface area contributed by atoms with E-state index < -0.39 is 10.3 Å². The Balaban J connectivity index is 2.12. The van der Waals surface area contributed by atoms with E-state index in [4.69, 9.17) is 0 Å². The average molecular weight is 310 g/mol. The number of hydrogen-bond acceptors (Lipinski definition) is 3. The van der Waals surface area contributed by atoms with Crippen LogP contribution >= 0.6 is 0 Å². The molecule has 2 aromatic rings. The first-order chi connectivity index (χ1) is 10.0. The number of aromatic nitrogens is 2. The van der Waals surface area contributed by atoms with E-state index >= 15 is 0 Å². The van der Waals surface area contributed by atoms with Crippen molar-refractivity contribution >= 4 is 21.3 Å². The molecular weight excluding hydrogens is 288 g/mol. The first-order valence-corrected chi connectivity index (χ1v) is 8.88. The second-order valence-corrected chi connectivity index (χ2v) is 6.54. The van der Waals surface area contributed by atoms with E-state index in [1.54, 1.807) is 24.3 Å². The van der Waals surface area contributed by atoms with Gasteiger partial charge in [-0.25, -0.2) is 8.96 Å². The highest BCUT2D eigenvalue weighted by molar-refractivity contribution is 7.84. The fraction of sp³-hybridized carbons (Fsp3) is 0.533. The summed E-state index contributed by atoms with van der Waals surface area (Å²) in [5, 5.41) is 0. The van der Waals surface area contributed by atoms with E-state index in [0.717, 1.165) is 23.2 Å². The maximum absolute atomic E-state index is 11.6. The van der Waals surface area contributed by atoms with Crippen molar-refractivity contribution in [2.45, 2.75) is 51.9 Å². The lowest BCUT2D eigenvalue weighted by Crippen LogP contribution is -2.14. The molecule has 2 rings (SSSR count). The molecule has 5 nitrogen and oxygen atoms in total. The molecule has 0 saturated heterocycles. The molecule has 0 bridgehead atoms. The number of para-hydroxylation sites is 2. The Labute approximate surface area is 125 Å². The van der Waals surface area contributed by atoms with Gasteiger partial charge in [-0.2, -0.15) is 8.42 Å². The Morgan fingerprint density at radius 3 is 2.48 bits per heavy atom. The Bertz CT molecular complexity index is 692. The smallest absolute Gasteiger partial charge is 0.269 e. The molecule has 116 valence electrons. The number of nitrogens with zero attached hydrogens (tertiary/aromatic N) is 2. The second-order valence-electron chi connectivity index (χ2n) is 5.28. The first kappa shape index (κ1) is 16.0. The largest absolute Gasteiger partial charge is 0.365 e. The molecule has 0 saturated carbocycles. The molecule has 1 aromatic carbocycles. The van der Waals surface area contributed by atoms with Crippen molar-refractivity contribution in [2.75, 3.05) is 0 Å². The van der Waals surface area contributed by atoms with Crippen molar-refractivity contribution in [2.24, 2.45) is 0 Å². The standard InChI is InChI=1S/C15H22N2O3S/c1-2-3-4-5-6-7-12-15-16-13-10-8-9-11-14(13)17(15)21(18,19)20/h8-11H,2-7,12H2,1H3,(H,18,19,20). The van der Waals surface area contributed by atoms with E-state index in [1.165, 1.54) is 19.3 Å². The highest BCUT2D eigenvalue weighted by atomic mass is 32.2. The number of benzene rings is 1. The lowest BCUT2D eigenvalue weighted by molar-refractivity contribution is 0.471. The van der Waals surface area contributed by atoms with Gasteiger partial charge in [0.1, 0.15) is 5.82 Å². The van der Waals surface area contributed by atoms with Gasteiger partial charge in [-0.15, -0.1) is 0 Å². The zero-order chi connectivity index (χ0) is 15.3. The lowest BCUT2D eigenvalue weighted by Gasteiger charge is -2.05. The van der Waals surface area contributed by atoms with E-state index in [9.17, 15) is 13.0 Å². The van der Waals surface area contributed by atoms with Gasteiger partial charge in [0, 0.05) is 6.42 Å². The third-order valence-corrected chi connectivity index (χ3v) is 4.44. The minimum absolute atomic E-state index is 0.411. The van der Waals surface area contributed by atoms with E-state index in [0.29, 0.717) is 23.3 Å². The van der Waals surface area contributed by atoms with Crippen LogP contribution < -0.4 is 0 Å². The predicted molar refractivity (Wildman–Crippen MR) is 83.8 cm³/mol. The zero-order valence-corrected chi connectivity index (χ0v) is 13.1. The van der Waals surface area contributed by atoms with Crippen LogP contribution in [0.2, 0.25) is 0 Å². The average Bonchev–Trinajstić information content (AvgIpc) is 2.80. The van der Waals surface area contributed by atoms with Crippen LogP contribution in [0.1, 0.15) is 51.3 Å². The minimum atomic E-state index is -4.31. The van der Waals surface area contributed by atoms with Crippen LogP contribution in [0.25, 0.3) is 11.0 Å². The molecule has 0 unspecified atom stereocenters. The Morgan fingerprint density at radius 1 is 1.10 bits per heavy atom. The van der Waals surface area contributed by atoms with Crippen LogP contribution in [-0.2, 0) is 16.7 Å². The van der Waals surface area contributed by atoms with Crippen LogP contribution in [0.3, 0.4) is 0 Å². The monoisotopic (exact) mass is 310 g/mol. The van der Waals surface area contributed by atoms with Crippen molar-refractivity contribution in [3.8, 4) is 0 Å². The summed E-state index contributed by atoms with van der Waals surface area (Å²) in [6.07, 6.45) is 7.30. The van der Waals surface area contributed by atoms with Crippen LogP contribution in [0.4, 0.5) is 0 Å². The maximum atomic E-state index is 11.6. The van der Waals surface area contributed by atoms with Crippen molar-refractivity contribution in [3.05, 3.63) is 30.1 Å². The summed E-state index contributed by atoms with van der Waals surface area (Å²) in [5.41, 5.74) is 1.03. The van der Waals surface area contributed by atoms with Crippen molar-refractivity contribution in [1.82, 2.24) is 8.96 Å². The molecule has 0 amide bonds. The normalized spacial score (nSPS) is 12.1. The summed E-state index contributed by atoms with van der Waals surface area (Å²) < 4.78 is 33.5. The van der Waals surface area contributed by atoms with Gasteiger partial charge in [0.25, 0.3) is 0 Å². The molecule has 1 heterocycles. The van der Waals surface area contributed by atoms with Crippen LogP contribution in [0.15, 0.2) is 24.3 Å². The Kier molecular flexibility index (Phi) is 5.36. The van der Waals surface area contributed by atoms with E-state index in [1.807, 2.05) is 0 Å². The zero-order valence-electron chi connectivity index (χ0n) is 12.3. The molecule has 0 radical (unpaired) electrons. The van der Waals surface area contributed by atoms with Crippen LogP contribution in [-0.4, -0.2) is 21.9 Å². The lowest BCUT2D eigenvalue weighted by atomic mass is 10.1. The maximum Gasteiger partial charge on any atom is 0.365 e. The molecule has 0 aliphatic rings. The van der Waals surface area contributed by atoms with Gasteiger partial charge in [0.2, 0.25) is 0 Å². The molecule has 1 N–H and O–H groups in total. The van der Waals surface area contributed by atoms with Gasteiger partial charge in [0.15, 0.2) is 0 Å². The summed E-state index contributed by atoms with van der Waals surface area (Å²) in [4.78, 5) is 4.34. The first-order valence-electron chi connectivity index (χ1n) is 7.48. The second kappa shape index (κ2) is 7.04. The molecule has 21 heavy (non-hydrogen) atoms. The highest BCUT2D eigenvalue weighted by Crippen LogP contribution is 2.19. The molecule has 0 spiro atoms.